The van der Waals surface area contributed by atoms with Crippen LogP contribution in [-0.2, 0) is 13.0 Å². The summed E-state index contributed by atoms with van der Waals surface area (Å²) >= 11 is 1.04. The van der Waals surface area contributed by atoms with Gasteiger partial charge >= 0.3 is 6.29 Å². The third-order valence-electron chi connectivity index (χ3n) is 5.14. The van der Waals surface area contributed by atoms with Gasteiger partial charge in [0, 0.05) is 6.42 Å². The van der Waals surface area contributed by atoms with Gasteiger partial charge in [-0.1, -0.05) is 11.2 Å². The summed E-state index contributed by atoms with van der Waals surface area (Å²) in [7, 11) is 0. The molecule has 5 rings (SSSR count). The number of aryl methyl sites for hydroxylation is 1. The number of halogens is 2. The van der Waals surface area contributed by atoms with Crippen LogP contribution in [-0.4, -0.2) is 37.0 Å². The predicted molar refractivity (Wildman–Crippen MR) is 112 cm³/mol. The molecule has 14 heteroatoms. The Labute approximate surface area is 192 Å². The maximum absolute atomic E-state index is 13.2. The molecule has 0 saturated carbocycles. The van der Waals surface area contributed by atoms with Crippen molar-refractivity contribution in [1.82, 2.24) is 19.7 Å². The highest BCUT2D eigenvalue weighted by molar-refractivity contribution is 7.20. The molecule has 1 amide bonds. The molecule has 1 aliphatic heterocycles. The Bertz CT molecular complexity index is 1500. The molecule has 0 bridgehead atoms. The van der Waals surface area contributed by atoms with Gasteiger partial charge in [0.1, 0.15) is 11.4 Å². The van der Waals surface area contributed by atoms with E-state index in [1.165, 1.54) is 29.1 Å². The van der Waals surface area contributed by atoms with E-state index in [-0.39, 0.29) is 52.0 Å². The van der Waals surface area contributed by atoms with Crippen LogP contribution in [0.15, 0.2) is 33.8 Å². The highest BCUT2D eigenvalue weighted by atomic mass is 32.1. The van der Waals surface area contributed by atoms with Gasteiger partial charge < -0.3 is 24.8 Å². The summed E-state index contributed by atoms with van der Waals surface area (Å²) in [6, 6.07) is 3.92. The largest absolute Gasteiger partial charge is 0.586 e. The van der Waals surface area contributed by atoms with E-state index in [2.05, 4.69) is 24.6 Å². The molecule has 0 radical (unpaired) electrons. The average molecular weight is 491 g/mol. The van der Waals surface area contributed by atoms with Gasteiger partial charge in [-0.3, -0.25) is 14.2 Å². The smallest absolute Gasteiger partial charge is 0.395 e. The molecule has 4 aromatic rings. The second-order valence-corrected chi connectivity index (χ2v) is 8.48. The van der Waals surface area contributed by atoms with E-state index in [4.69, 9.17) is 10.3 Å². The van der Waals surface area contributed by atoms with Crippen LogP contribution in [0.4, 0.5) is 8.78 Å². The molecule has 1 atom stereocenters. The first-order valence-electron chi connectivity index (χ1n) is 9.79. The zero-order chi connectivity index (χ0) is 24.2. The summed E-state index contributed by atoms with van der Waals surface area (Å²) in [4.78, 5) is 33.5. The second kappa shape index (κ2) is 7.85. The first kappa shape index (κ1) is 21.9. The Morgan fingerprint density at radius 1 is 1.32 bits per heavy atom. The van der Waals surface area contributed by atoms with Gasteiger partial charge in [-0.25, -0.2) is 4.98 Å². The number of primary amides is 1. The molecule has 1 aromatic carbocycles. The van der Waals surface area contributed by atoms with Crippen molar-refractivity contribution in [2.24, 2.45) is 5.73 Å². The maximum Gasteiger partial charge on any atom is 0.586 e. The molecule has 0 aliphatic carbocycles. The van der Waals surface area contributed by atoms with Crippen molar-refractivity contribution in [3.8, 4) is 11.5 Å². The molecule has 0 unspecified atom stereocenters. The van der Waals surface area contributed by atoms with Crippen molar-refractivity contribution in [2.45, 2.75) is 32.3 Å². The molecule has 1 aliphatic rings. The molecular weight excluding hydrogens is 476 g/mol. The van der Waals surface area contributed by atoms with Gasteiger partial charge in [0.25, 0.3) is 11.5 Å². The van der Waals surface area contributed by atoms with Gasteiger partial charge in [-0.2, -0.15) is 4.98 Å². The van der Waals surface area contributed by atoms with Crippen molar-refractivity contribution in [2.75, 3.05) is 0 Å². The lowest BCUT2D eigenvalue weighted by Crippen LogP contribution is -2.25. The van der Waals surface area contributed by atoms with E-state index in [1.54, 1.807) is 6.92 Å². The minimum atomic E-state index is -3.76. The number of rotatable bonds is 6. The fourth-order valence-corrected chi connectivity index (χ4v) is 4.54. The van der Waals surface area contributed by atoms with Crippen LogP contribution < -0.4 is 20.8 Å². The number of ether oxygens (including phenoxy) is 2. The topological polar surface area (TPSA) is 156 Å². The number of hydrogen-bond donors (Lipinski definition) is 2. The van der Waals surface area contributed by atoms with Crippen LogP contribution in [0.3, 0.4) is 0 Å². The van der Waals surface area contributed by atoms with E-state index in [0.29, 0.717) is 10.4 Å². The summed E-state index contributed by atoms with van der Waals surface area (Å²) < 4.78 is 41.5. The summed E-state index contributed by atoms with van der Waals surface area (Å²) in [6.07, 6.45) is -3.69. The van der Waals surface area contributed by atoms with Crippen LogP contribution in [0.2, 0.25) is 0 Å². The second-order valence-electron chi connectivity index (χ2n) is 7.48. The van der Waals surface area contributed by atoms with E-state index in [9.17, 15) is 23.5 Å². The zero-order valence-corrected chi connectivity index (χ0v) is 18.1. The highest BCUT2D eigenvalue weighted by Crippen LogP contribution is 2.42. The van der Waals surface area contributed by atoms with Gasteiger partial charge in [-0.05, 0) is 30.2 Å². The number of aliphatic hydroxyl groups is 1. The summed E-state index contributed by atoms with van der Waals surface area (Å²) in [5.74, 6) is -0.750. The first-order valence-corrected chi connectivity index (χ1v) is 10.6. The average Bonchev–Trinajstić information content (AvgIpc) is 3.43. The number of alkyl halides is 2. The van der Waals surface area contributed by atoms with Gasteiger partial charge in [-0.15, -0.1) is 20.1 Å². The SMILES string of the molecule is Cc1c(C(N)=O)sc2ncn(Cc3nc(C[C@H](O)c4ccc5c(c4)OC(F)(F)O5)no3)c(=O)c12. The highest BCUT2D eigenvalue weighted by Gasteiger charge is 2.43. The van der Waals surface area contributed by atoms with Crippen LogP contribution in [0.5, 0.6) is 11.5 Å². The molecule has 11 nitrogen and oxygen atoms in total. The number of carbonyl (C=O) groups excluding carboxylic acids is 1. The van der Waals surface area contributed by atoms with Crippen molar-refractivity contribution in [3.63, 3.8) is 0 Å². The fraction of sp³-hybridized carbons (Fsp3) is 0.250. The number of amides is 1. The summed E-state index contributed by atoms with van der Waals surface area (Å²) in [5, 5.41) is 14.5. The summed E-state index contributed by atoms with van der Waals surface area (Å²) in [6.45, 7) is 1.53. The normalized spacial score (nSPS) is 15.1. The summed E-state index contributed by atoms with van der Waals surface area (Å²) in [5.41, 5.74) is 5.69. The number of hydrogen-bond acceptors (Lipinski definition) is 10. The Balaban J connectivity index is 1.33. The van der Waals surface area contributed by atoms with E-state index >= 15 is 0 Å². The van der Waals surface area contributed by atoms with Crippen LogP contribution in [0.25, 0.3) is 10.2 Å². The molecule has 3 N–H and O–H groups in total. The first-order chi connectivity index (χ1) is 16.1. The minimum absolute atomic E-state index is 0.0822. The standard InChI is InChI=1S/C20H15F2N5O6S/c1-8-15-18(34-16(8)17(23)29)24-7-27(19(15)30)6-14-25-13(26-33-14)5-10(28)9-2-3-11-12(4-9)32-20(21,22)31-11/h2-4,7,10,28H,5-6H2,1H3,(H2,23,29)/t10-/m0/s1. The van der Waals surface area contributed by atoms with E-state index in [1.807, 2.05) is 0 Å². The number of nitrogens with two attached hydrogens (primary N) is 1. The molecule has 176 valence electrons. The quantitative estimate of drug-likeness (QED) is 0.411. The number of fused-ring (bicyclic) bond motifs is 2. The number of aliphatic hydroxyl groups excluding tert-OH is 1. The minimum Gasteiger partial charge on any atom is -0.395 e. The molecule has 0 fully saturated rings. The number of benzene rings is 1. The maximum atomic E-state index is 13.2. The number of nitrogens with zero attached hydrogens (tertiary/aromatic N) is 4. The lowest BCUT2D eigenvalue weighted by Gasteiger charge is -2.09. The Kier molecular flexibility index (Phi) is 5.06. The van der Waals surface area contributed by atoms with E-state index < -0.39 is 23.9 Å². The lowest BCUT2D eigenvalue weighted by molar-refractivity contribution is -0.286. The molecular formula is C20H15F2N5O6S. The van der Waals surface area contributed by atoms with Gasteiger partial charge in [0.15, 0.2) is 17.3 Å². The number of aromatic nitrogens is 4. The Hall–Kier alpha value is -3.91. The third kappa shape index (κ3) is 3.86. The van der Waals surface area contributed by atoms with Gasteiger partial charge in [0.2, 0.25) is 5.89 Å². The fourth-order valence-electron chi connectivity index (χ4n) is 3.55. The monoisotopic (exact) mass is 491 g/mol. The number of thiophene rings is 1. The third-order valence-corrected chi connectivity index (χ3v) is 6.36. The van der Waals surface area contributed by atoms with Crippen molar-refractivity contribution in [1.29, 1.82) is 0 Å². The zero-order valence-electron chi connectivity index (χ0n) is 17.3. The molecule has 3 aromatic heterocycles. The van der Waals surface area contributed by atoms with E-state index in [0.717, 1.165) is 11.3 Å². The van der Waals surface area contributed by atoms with Gasteiger partial charge in [0.05, 0.1) is 22.7 Å². The molecule has 34 heavy (non-hydrogen) atoms. The molecule has 4 heterocycles. The lowest BCUT2D eigenvalue weighted by atomic mass is 10.1. The Morgan fingerprint density at radius 2 is 2.09 bits per heavy atom. The molecule has 0 spiro atoms. The molecule has 0 saturated heterocycles. The van der Waals surface area contributed by atoms with Crippen LogP contribution in [0.1, 0.15) is 38.6 Å². The number of carbonyl (C=O) groups is 1. The van der Waals surface area contributed by atoms with Crippen molar-refractivity contribution >= 4 is 27.5 Å². The predicted octanol–water partition coefficient (Wildman–Crippen LogP) is 1.89. The van der Waals surface area contributed by atoms with Crippen molar-refractivity contribution in [3.05, 3.63) is 62.6 Å². The van der Waals surface area contributed by atoms with Crippen LogP contribution in [0, 0.1) is 6.92 Å². The Morgan fingerprint density at radius 3 is 2.85 bits per heavy atom. The van der Waals surface area contributed by atoms with Crippen LogP contribution >= 0.6 is 11.3 Å². The van der Waals surface area contributed by atoms with Crippen molar-refractivity contribution < 1.29 is 32.7 Å².